The highest BCUT2D eigenvalue weighted by molar-refractivity contribution is 5.93. The lowest BCUT2D eigenvalue weighted by Gasteiger charge is -2.22. The summed E-state index contributed by atoms with van der Waals surface area (Å²) in [6.45, 7) is -0.0975. The van der Waals surface area contributed by atoms with Gasteiger partial charge < -0.3 is 10.5 Å². The molecule has 0 radical (unpaired) electrons. The van der Waals surface area contributed by atoms with Crippen molar-refractivity contribution in [2.45, 2.75) is 50.4 Å². The second kappa shape index (κ2) is 5.14. The summed E-state index contributed by atoms with van der Waals surface area (Å²) in [6.07, 6.45) is 4.43. The van der Waals surface area contributed by atoms with Gasteiger partial charge >= 0.3 is 0 Å². The molecule has 130 valence electrons. The molecule has 4 rings (SSSR count). The van der Waals surface area contributed by atoms with Gasteiger partial charge in [-0.25, -0.2) is 13.2 Å². The molecular formula is C18H20F3NO2. The number of halogens is 3. The summed E-state index contributed by atoms with van der Waals surface area (Å²) < 4.78 is 48.1. The van der Waals surface area contributed by atoms with Crippen molar-refractivity contribution in [2.24, 2.45) is 17.1 Å². The van der Waals surface area contributed by atoms with Gasteiger partial charge in [0.2, 0.25) is 0 Å². The Hall–Kier alpha value is -1.72. The van der Waals surface area contributed by atoms with E-state index < -0.39 is 29.0 Å². The molecule has 6 heteroatoms. The second-order valence-corrected chi connectivity index (χ2v) is 7.37. The Labute approximate surface area is 138 Å². The van der Waals surface area contributed by atoms with Crippen molar-refractivity contribution in [3.63, 3.8) is 0 Å². The Balaban J connectivity index is 1.59. The third-order valence-corrected chi connectivity index (χ3v) is 5.92. The van der Waals surface area contributed by atoms with Gasteiger partial charge in [-0.05, 0) is 43.2 Å². The van der Waals surface area contributed by atoms with Gasteiger partial charge in [-0.2, -0.15) is 0 Å². The molecular weight excluding hydrogens is 319 g/mol. The Morgan fingerprint density at radius 1 is 1.25 bits per heavy atom. The van der Waals surface area contributed by atoms with Crippen LogP contribution in [-0.2, 0) is 0 Å². The van der Waals surface area contributed by atoms with Crippen molar-refractivity contribution in [1.82, 2.24) is 0 Å². The summed E-state index contributed by atoms with van der Waals surface area (Å²) in [7, 11) is 0. The first-order valence-corrected chi connectivity index (χ1v) is 8.51. The van der Waals surface area contributed by atoms with Crippen LogP contribution in [0.1, 0.15) is 60.4 Å². The number of carbonyl (C=O) groups excluding carboxylic acids is 1. The van der Waals surface area contributed by atoms with Crippen molar-refractivity contribution in [2.75, 3.05) is 6.61 Å². The van der Waals surface area contributed by atoms with E-state index in [1.54, 1.807) is 0 Å². The molecule has 3 nitrogen and oxygen atoms in total. The zero-order chi connectivity index (χ0) is 17.1. The fourth-order valence-corrected chi connectivity index (χ4v) is 4.25. The number of primary amides is 1. The smallest absolute Gasteiger partial charge is 0.261 e. The maximum absolute atomic E-state index is 14.2. The lowest BCUT2D eigenvalue weighted by molar-refractivity contribution is 0.0368. The van der Waals surface area contributed by atoms with E-state index in [0.717, 1.165) is 31.7 Å². The van der Waals surface area contributed by atoms with E-state index in [1.165, 1.54) is 6.07 Å². The quantitative estimate of drug-likeness (QED) is 0.881. The third-order valence-electron chi connectivity index (χ3n) is 5.92. The zero-order valence-electron chi connectivity index (χ0n) is 13.3. The van der Waals surface area contributed by atoms with Gasteiger partial charge in [-0.1, -0.05) is 12.8 Å². The molecule has 3 aliphatic carbocycles. The summed E-state index contributed by atoms with van der Waals surface area (Å²) >= 11 is 0. The fourth-order valence-electron chi connectivity index (χ4n) is 4.25. The monoisotopic (exact) mass is 339 g/mol. The van der Waals surface area contributed by atoms with Gasteiger partial charge in [-0.3, -0.25) is 4.79 Å². The predicted molar refractivity (Wildman–Crippen MR) is 81.7 cm³/mol. The van der Waals surface area contributed by atoms with Crippen molar-refractivity contribution in [1.29, 1.82) is 0 Å². The van der Waals surface area contributed by atoms with Gasteiger partial charge in [0.15, 0.2) is 0 Å². The summed E-state index contributed by atoms with van der Waals surface area (Å²) in [4.78, 5) is 11.3. The topological polar surface area (TPSA) is 52.3 Å². The molecule has 0 aromatic heterocycles. The predicted octanol–water partition coefficient (Wildman–Crippen LogP) is 4.01. The van der Waals surface area contributed by atoms with Crippen LogP contribution >= 0.6 is 0 Å². The lowest BCUT2D eigenvalue weighted by atomic mass is 9.89. The van der Waals surface area contributed by atoms with Crippen LogP contribution in [0.3, 0.4) is 0 Å². The van der Waals surface area contributed by atoms with Crippen LogP contribution in [0.4, 0.5) is 13.2 Å². The molecule has 0 spiro atoms. The van der Waals surface area contributed by atoms with E-state index in [4.69, 9.17) is 10.5 Å². The maximum Gasteiger partial charge on any atom is 0.261 e. The minimum atomic E-state index is -2.69. The second-order valence-electron chi connectivity index (χ2n) is 7.37. The largest absolute Gasteiger partial charge is 0.492 e. The highest BCUT2D eigenvalue weighted by Crippen LogP contribution is 2.72. The van der Waals surface area contributed by atoms with E-state index in [9.17, 15) is 18.0 Å². The summed E-state index contributed by atoms with van der Waals surface area (Å²) in [5, 5.41) is 0. The first-order chi connectivity index (χ1) is 11.4. The maximum atomic E-state index is 14.2. The number of ether oxygens (including phenoxy) is 1. The van der Waals surface area contributed by atoms with Crippen molar-refractivity contribution in [3.8, 4) is 5.75 Å². The number of amides is 1. The molecule has 2 N–H and O–H groups in total. The van der Waals surface area contributed by atoms with E-state index in [2.05, 4.69) is 0 Å². The average Bonchev–Trinajstić information content (AvgIpc) is 3.43. The SMILES string of the molecule is NC(=O)c1cc(C2CC2)c(OCC23CCCCC2C3(F)F)cc1F. The van der Waals surface area contributed by atoms with Crippen LogP contribution in [0.15, 0.2) is 12.1 Å². The van der Waals surface area contributed by atoms with E-state index >= 15 is 0 Å². The van der Waals surface area contributed by atoms with Gasteiger partial charge in [-0.15, -0.1) is 0 Å². The fraction of sp³-hybridized carbons (Fsp3) is 0.611. The number of hydrogen-bond donors (Lipinski definition) is 1. The summed E-state index contributed by atoms with van der Waals surface area (Å²) in [5.74, 6) is -4.42. The molecule has 3 aliphatic rings. The highest BCUT2D eigenvalue weighted by atomic mass is 19.3. The van der Waals surface area contributed by atoms with Gasteiger partial charge in [0.05, 0.1) is 11.0 Å². The van der Waals surface area contributed by atoms with Crippen LogP contribution in [0.25, 0.3) is 0 Å². The number of alkyl halides is 2. The van der Waals surface area contributed by atoms with Gasteiger partial charge in [0, 0.05) is 12.0 Å². The molecule has 1 amide bonds. The first-order valence-electron chi connectivity index (χ1n) is 8.51. The molecule has 0 saturated heterocycles. The number of fused-ring (bicyclic) bond motifs is 1. The molecule has 1 aromatic rings. The lowest BCUT2D eigenvalue weighted by Crippen LogP contribution is -2.23. The summed E-state index contributed by atoms with van der Waals surface area (Å²) in [5.41, 5.74) is 4.63. The number of carbonyl (C=O) groups is 1. The van der Waals surface area contributed by atoms with Gasteiger partial charge in [0.25, 0.3) is 11.8 Å². The van der Waals surface area contributed by atoms with Crippen LogP contribution in [0.5, 0.6) is 5.75 Å². The molecule has 3 saturated carbocycles. The third kappa shape index (κ3) is 2.22. The first kappa shape index (κ1) is 15.8. The molecule has 1 aromatic carbocycles. The number of benzene rings is 1. The molecule has 0 aliphatic heterocycles. The zero-order valence-corrected chi connectivity index (χ0v) is 13.3. The van der Waals surface area contributed by atoms with Crippen molar-refractivity contribution < 1.29 is 22.7 Å². The van der Waals surface area contributed by atoms with Crippen molar-refractivity contribution in [3.05, 3.63) is 29.1 Å². The Kier molecular flexibility index (Phi) is 3.38. The summed E-state index contributed by atoms with van der Waals surface area (Å²) in [6, 6.07) is 2.55. The molecule has 0 heterocycles. The highest BCUT2D eigenvalue weighted by Gasteiger charge is 2.80. The Morgan fingerprint density at radius 3 is 2.62 bits per heavy atom. The van der Waals surface area contributed by atoms with Crippen LogP contribution in [0.2, 0.25) is 0 Å². The number of nitrogens with two attached hydrogens (primary N) is 1. The number of rotatable bonds is 5. The van der Waals surface area contributed by atoms with Crippen LogP contribution < -0.4 is 10.5 Å². The molecule has 3 fully saturated rings. The van der Waals surface area contributed by atoms with E-state index in [-0.39, 0.29) is 23.8 Å². The molecule has 2 unspecified atom stereocenters. The van der Waals surface area contributed by atoms with Crippen molar-refractivity contribution >= 4 is 5.91 Å². The normalized spacial score (nSPS) is 30.5. The number of hydrogen-bond acceptors (Lipinski definition) is 2. The average molecular weight is 339 g/mol. The molecule has 2 atom stereocenters. The Morgan fingerprint density at radius 2 is 2.00 bits per heavy atom. The minimum Gasteiger partial charge on any atom is -0.492 e. The minimum absolute atomic E-state index is 0.0975. The van der Waals surface area contributed by atoms with Gasteiger partial charge in [0.1, 0.15) is 18.2 Å². The van der Waals surface area contributed by atoms with E-state index in [0.29, 0.717) is 18.4 Å². The molecule has 24 heavy (non-hydrogen) atoms. The van der Waals surface area contributed by atoms with Crippen LogP contribution in [-0.4, -0.2) is 18.4 Å². The van der Waals surface area contributed by atoms with Crippen LogP contribution in [0, 0.1) is 17.2 Å². The van der Waals surface area contributed by atoms with E-state index in [1.807, 2.05) is 0 Å². The standard InChI is InChI=1S/C18H20F3NO2/c19-13-8-14(11(10-4-5-10)7-12(13)16(22)23)24-9-17-6-2-1-3-15(17)18(17,20)21/h7-8,10,15H,1-6,9H2,(H2,22,23). The Bertz CT molecular complexity index is 702. The molecule has 0 bridgehead atoms.